The number of nitrogens with one attached hydrogen (secondary N) is 1. The van der Waals surface area contributed by atoms with Gasteiger partial charge in [0.15, 0.2) is 0 Å². The van der Waals surface area contributed by atoms with Gasteiger partial charge in [0.2, 0.25) is 0 Å². The Kier molecular flexibility index (Phi) is 4.07. The van der Waals surface area contributed by atoms with Gasteiger partial charge < -0.3 is 11.1 Å². The minimum absolute atomic E-state index is 0.442. The molecule has 0 radical (unpaired) electrons. The first kappa shape index (κ1) is 13.1. The summed E-state index contributed by atoms with van der Waals surface area (Å²) in [6, 6.07) is 6.49. The molecule has 0 unspecified atom stereocenters. The highest BCUT2D eigenvalue weighted by atomic mass is 79.9. The van der Waals surface area contributed by atoms with E-state index >= 15 is 0 Å². The van der Waals surface area contributed by atoms with E-state index in [1.807, 2.05) is 12.1 Å². The molecule has 0 atom stereocenters. The summed E-state index contributed by atoms with van der Waals surface area (Å²) < 4.78 is 1.04. The lowest BCUT2D eigenvalue weighted by Crippen LogP contribution is -2.18. The lowest BCUT2D eigenvalue weighted by atomic mass is 10.1. The number of nitrogens with zero attached hydrogens (tertiary/aromatic N) is 1. The van der Waals surface area contributed by atoms with Crippen molar-refractivity contribution in [3.8, 4) is 0 Å². The van der Waals surface area contributed by atoms with Crippen LogP contribution in [-0.2, 0) is 0 Å². The van der Waals surface area contributed by atoms with Crippen molar-refractivity contribution in [2.24, 2.45) is 0 Å². The van der Waals surface area contributed by atoms with Crippen LogP contribution in [0.3, 0.4) is 0 Å². The zero-order chi connectivity index (χ0) is 13.1. The van der Waals surface area contributed by atoms with Crippen molar-refractivity contribution in [3.63, 3.8) is 0 Å². The van der Waals surface area contributed by atoms with Gasteiger partial charge in [-0.1, -0.05) is 29.8 Å². The average molecular weight is 308 g/mol. The first-order valence-electron chi connectivity index (χ1n) is 6.26. The maximum atomic E-state index is 6.05. The highest BCUT2D eigenvalue weighted by Crippen LogP contribution is 2.31. The van der Waals surface area contributed by atoms with Gasteiger partial charge in [-0.25, -0.2) is 0 Å². The Morgan fingerprint density at radius 1 is 1.33 bits per heavy atom. The van der Waals surface area contributed by atoms with Gasteiger partial charge >= 0.3 is 0 Å². The number of aromatic nitrogens is 1. The number of nitrogen functional groups attached to an aromatic ring is 1. The maximum absolute atomic E-state index is 6.05. The maximum Gasteiger partial charge on any atom is 0.0743 e. The van der Waals surface area contributed by atoms with Gasteiger partial charge in [0, 0.05) is 15.9 Å². The van der Waals surface area contributed by atoms with Crippen molar-refractivity contribution in [2.45, 2.75) is 32.7 Å². The van der Waals surface area contributed by atoms with E-state index in [1.54, 1.807) is 6.20 Å². The van der Waals surface area contributed by atoms with Gasteiger partial charge in [-0.3, -0.25) is 4.98 Å². The Morgan fingerprint density at radius 3 is 2.72 bits per heavy atom. The van der Waals surface area contributed by atoms with Crippen LogP contribution >= 0.6 is 15.9 Å². The quantitative estimate of drug-likeness (QED) is 0.891. The van der Waals surface area contributed by atoms with Crippen molar-refractivity contribution in [1.82, 2.24) is 4.98 Å². The molecule has 0 aliphatic carbocycles. The SMILES string of the molecule is CCC(CC)Nc1c(N)cnc2ccc(Br)cc12. The molecule has 18 heavy (non-hydrogen) atoms. The summed E-state index contributed by atoms with van der Waals surface area (Å²) in [6.07, 6.45) is 3.88. The van der Waals surface area contributed by atoms with Crippen molar-refractivity contribution in [2.75, 3.05) is 11.1 Å². The van der Waals surface area contributed by atoms with Crippen LogP contribution < -0.4 is 11.1 Å². The molecule has 0 amide bonds. The Morgan fingerprint density at radius 2 is 2.06 bits per heavy atom. The number of fused-ring (bicyclic) bond motifs is 1. The van der Waals surface area contributed by atoms with E-state index in [9.17, 15) is 0 Å². The van der Waals surface area contributed by atoms with E-state index in [0.29, 0.717) is 11.7 Å². The molecule has 4 heteroatoms. The van der Waals surface area contributed by atoms with Crippen LogP contribution in [-0.4, -0.2) is 11.0 Å². The van der Waals surface area contributed by atoms with Gasteiger partial charge in [-0.05, 0) is 31.0 Å². The highest BCUT2D eigenvalue weighted by Gasteiger charge is 2.10. The normalized spacial score (nSPS) is 11.1. The predicted molar refractivity (Wildman–Crippen MR) is 81.8 cm³/mol. The molecular weight excluding hydrogens is 290 g/mol. The molecule has 0 fully saturated rings. The molecule has 1 aromatic heterocycles. The van der Waals surface area contributed by atoms with E-state index in [4.69, 9.17) is 5.73 Å². The number of pyridine rings is 1. The summed E-state index contributed by atoms with van der Waals surface area (Å²) >= 11 is 3.50. The summed E-state index contributed by atoms with van der Waals surface area (Å²) in [5.41, 5.74) is 8.71. The zero-order valence-corrected chi connectivity index (χ0v) is 12.3. The largest absolute Gasteiger partial charge is 0.396 e. The van der Waals surface area contributed by atoms with Crippen molar-refractivity contribution in [1.29, 1.82) is 0 Å². The van der Waals surface area contributed by atoms with Crippen LogP contribution in [0.25, 0.3) is 10.9 Å². The zero-order valence-electron chi connectivity index (χ0n) is 10.7. The molecule has 0 saturated heterocycles. The highest BCUT2D eigenvalue weighted by molar-refractivity contribution is 9.10. The third kappa shape index (κ3) is 2.58. The van der Waals surface area contributed by atoms with E-state index in [0.717, 1.165) is 33.9 Å². The molecule has 0 aliphatic rings. The standard InChI is InChI=1S/C14H18BrN3/c1-3-10(4-2)18-14-11-7-9(15)5-6-13(11)17-8-12(14)16/h5-8,10H,3-4,16H2,1-2H3,(H,17,18). The second kappa shape index (κ2) is 5.57. The summed E-state index contributed by atoms with van der Waals surface area (Å²) in [5.74, 6) is 0. The molecule has 0 bridgehead atoms. The molecule has 0 saturated carbocycles. The number of nitrogens with two attached hydrogens (primary N) is 1. The smallest absolute Gasteiger partial charge is 0.0743 e. The van der Waals surface area contributed by atoms with Crippen LogP contribution in [0, 0.1) is 0 Å². The van der Waals surface area contributed by atoms with Crippen molar-refractivity contribution in [3.05, 3.63) is 28.9 Å². The molecule has 1 heterocycles. The minimum Gasteiger partial charge on any atom is -0.396 e. The van der Waals surface area contributed by atoms with E-state index in [1.165, 1.54) is 0 Å². The Labute approximate surface area is 116 Å². The third-order valence-electron chi connectivity index (χ3n) is 3.19. The number of rotatable bonds is 4. The monoisotopic (exact) mass is 307 g/mol. The Hall–Kier alpha value is -1.29. The number of halogens is 1. The molecule has 0 spiro atoms. The summed E-state index contributed by atoms with van der Waals surface area (Å²) in [6.45, 7) is 4.35. The molecule has 1 aromatic carbocycles. The third-order valence-corrected chi connectivity index (χ3v) is 3.69. The second-order valence-corrected chi connectivity index (χ2v) is 5.32. The summed E-state index contributed by atoms with van der Waals surface area (Å²) in [4.78, 5) is 4.36. The number of anilines is 2. The molecule has 3 nitrogen and oxygen atoms in total. The average Bonchev–Trinajstić information content (AvgIpc) is 2.38. The van der Waals surface area contributed by atoms with Gasteiger partial charge in [-0.15, -0.1) is 0 Å². The molecular formula is C14H18BrN3. The van der Waals surface area contributed by atoms with Crippen LogP contribution in [0.5, 0.6) is 0 Å². The Balaban J connectivity index is 2.52. The van der Waals surface area contributed by atoms with Gasteiger partial charge in [0.25, 0.3) is 0 Å². The van der Waals surface area contributed by atoms with Crippen LogP contribution in [0.2, 0.25) is 0 Å². The molecule has 3 N–H and O–H groups in total. The van der Waals surface area contributed by atoms with Crippen LogP contribution in [0.15, 0.2) is 28.9 Å². The lowest BCUT2D eigenvalue weighted by molar-refractivity contribution is 0.673. The Bertz CT molecular complexity index is 545. The number of hydrogen-bond donors (Lipinski definition) is 2. The fourth-order valence-corrected chi connectivity index (χ4v) is 2.40. The number of hydrogen-bond acceptors (Lipinski definition) is 3. The fourth-order valence-electron chi connectivity index (χ4n) is 2.04. The first-order valence-corrected chi connectivity index (χ1v) is 7.05. The molecule has 2 aromatic rings. The van der Waals surface area contributed by atoms with E-state index < -0.39 is 0 Å². The minimum atomic E-state index is 0.442. The fraction of sp³-hybridized carbons (Fsp3) is 0.357. The summed E-state index contributed by atoms with van der Waals surface area (Å²) in [7, 11) is 0. The lowest BCUT2D eigenvalue weighted by Gasteiger charge is -2.19. The van der Waals surface area contributed by atoms with Crippen molar-refractivity contribution >= 4 is 38.2 Å². The predicted octanol–water partition coefficient (Wildman–Crippen LogP) is 4.18. The molecule has 0 aliphatic heterocycles. The van der Waals surface area contributed by atoms with E-state index in [-0.39, 0.29) is 0 Å². The van der Waals surface area contributed by atoms with Gasteiger partial charge in [0.05, 0.1) is 23.1 Å². The van der Waals surface area contributed by atoms with Crippen molar-refractivity contribution < 1.29 is 0 Å². The second-order valence-electron chi connectivity index (χ2n) is 4.41. The summed E-state index contributed by atoms with van der Waals surface area (Å²) in [5, 5.41) is 4.60. The molecule has 96 valence electrons. The van der Waals surface area contributed by atoms with E-state index in [2.05, 4.69) is 46.1 Å². The number of benzene rings is 1. The van der Waals surface area contributed by atoms with Crippen LogP contribution in [0.1, 0.15) is 26.7 Å². The molecule has 2 rings (SSSR count). The topological polar surface area (TPSA) is 50.9 Å². The first-order chi connectivity index (χ1) is 8.65. The van der Waals surface area contributed by atoms with Gasteiger partial charge in [-0.2, -0.15) is 0 Å². The van der Waals surface area contributed by atoms with Gasteiger partial charge in [0.1, 0.15) is 0 Å². The van der Waals surface area contributed by atoms with Crippen LogP contribution in [0.4, 0.5) is 11.4 Å².